The number of Topliss-reactive ketones (excluding diaryl/α,β-unsaturated/α-hetero) is 1. The topological polar surface area (TPSA) is 312 Å². The molecule has 0 saturated carbocycles. The van der Waals surface area contributed by atoms with Crippen LogP contribution >= 0.6 is 0 Å². The lowest BCUT2D eigenvalue weighted by molar-refractivity contribution is -0.139. The fraction of sp³-hybridized carbons (Fsp3) is 0.579. The van der Waals surface area contributed by atoms with E-state index >= 15 is 0 Å². The molecule has 0 aromatic carbocycles. The number of hydrogen-bond donors (Lipinski definition) is 0. The van der Waals surface area contributed by atoms with Gasteiger partial charge in [0.05, 0.1) is 46.2 Å². The maximum absolute atomic E-state index is 13.2. The number of esters is 7. The maximum atomic E-state index is 13.2. The van der Waals surface area contributed by atoms with E-state index in [0.717, 1.165) is 0 Å². The van der Waals surface area contributed by atoms with Crippen molar-refractivity contribution >= 4 is 118 Å². The molecule has 6 fully saturated rings. The van der Waals surface area contributed by atoms with E-state index in [-0.39, 0.29) is 204 Å². The molecular weight excluding hydrogens is 1340 g/mol. The quantitative estimate of drug-likeness (QED) is 0.0182. The number of rotatable bonds is 41. The molecule has 27 nitrogen and oxygen atoms in total. The second-order valence-corrected chi connectivity index (χ2v) is 48.0. The van der Waals surface area contributed by atoms with Crippen LogP contribution in [0.5, 0.6) is 0 Å². The highest BCUT2D eigenvalue weighted by atomic mass is 28.6. The molecule has 0 radical (unpaired) electrons. The molecule has 0 N–H and O–H groups in total. The molecule has 0 atom stereocenters. The lowest BCUT2D eigenvalue weighted by atomic mass is 10.1. The van der Waals surface area contributed by atoms with E-state index in [1.54, 1.807) is 6.92 Å². The predicted molar refractivity (Wildman–Crippen MR) is 344 cm³/mol. The SMILES string of the molecule is C=C(C)C(=O)CCCC[Si]12O[Si]3(CCCOC(=O)C(=C)C)O[Si]4(CCCOC(=O)C(=C)C)O[Si](CCCOC(=O)C(=C)C)(O1)O[Si]1(CCCOC(=O)C(=C)C)O[Si](CCCOC(=O)C(=C)C)(O2)O[Si](CCCOC(=O)C(=C)C)(O3)O[Si](CCCOC(=O)C(=C)C)(O4)O1. The average molecular weight is 1430 g/mol. The zero-order valence-corrected chi connectivity index (χ0v) is 62.4. The van der Waals surface area contributed by atoms with Crippen LogP contribution < -0.4 is 0 Å². The van der Waals surface area contributed by atoms with Crippen molar-refractivity contribution in [3.63, 3.8) is 0 Å². The van der Waals surface area contributed by atoms with Crippen LogP contribution in [-0.4, -0.2) is 164 Å². The van der Waals surface area contributed by atoms with Crippen LogP contribution in [0.3, 0.4) is 0 Å². The second-order valence-electron chi connectivity index (χ2n) is 23.2. The molecule has 92 heavy (non-hydrogen) atoms. The Bertz CT molecular complexity index is 2240. The minimum Gasteiger partial charge on any atom is -0.462 e. The van der Waals surface area contributed by atoms with Gasteiger partial charge in [-0.1, -0.05) is 52.6 Å². The third-order valence-electron chi connectivity index (χ3n) is 13.8. The Morgan fingerprint density at radius 2 is 0.370 bits per heavy atom. The van der Waals surface area contributed by atoms with Gasteiger partial charge in [0.2, 0.25) is 0 Å². The van der Waals surface area contributed by atoms with Crippen molar-refractivity contribution in [2.75, 3.05) is 46.2 Å². The zero-order valence-electron chi connectivity index (χ0n) is 54.4. The Balaban J connectivity index is 1.96. The maximum Gasteiger partial charge on any atom is 0.479 e. The van der Waals surface area contributed by atoms with E-state index in [1.807, 2.05) is 0 Å². The summed E-state index contributed by atoms with van der Waals surface area (Å²) >= 11 is 0. The highest BCUT2D eigenvalue weighted by Gasteiger charge is 2.83. The average Bonchev–Trinajstić information content (AvgIpc) is 0.689. The monoisotopic (exact) mass is 1430 g/mol. The van der Waals surface area contributed by atoms with Crippen LogP contribution in [0, 0.1) is 0 Å². The Morgan fingerprint density at radius 1 is 0.228 bits per heavy atom. The van der Waals surface area contributed by atoms with Gasteiger partial charge in [0, 0.05) is 93.8 Å². The van der Waals surface area contributed by atoms with Crippen molar-refractivity contribution < 1.29 is 121 Å². The van der Waals surface area contributed by atoms with E-state index in [4.69, 9.17) is 82.5 Å². The minimum absolute atomic E-state index is 0.0380. The molecule has 0 aromatic heterocycles. The van der Waals surface area contributed by atoms with Gasteiger partial charge in [-0.15, -0.1) is 0 Å². The van der Waals surface area contributed by atoms with Crippen LogP contribution in [0.1, 0.15) is 120 Å². The van der Waals surface area contributed by atoms with Crippen molar-refractivity contribution in [3.05, 3.63) is 97.2 Å². The number of ketones is 1. The first-order chi connectivity index (χ1) is 43.1. The number of carbonyl (C=O) groups excluding carboxylic acids is 8. The molecule has 0 amide bonds. The van der Waals surface area contributed by atoms with Crippen molar-refractivity contribution in [2.45, 2.75) is 168 Å². The molecule has 0 aliphatic carbocycles. The summed E-state index contributed by atoms with van der Waals surface area (Å²) in [6.45, 7) is 40.2. The third-order valence-corrected chi connectivity index (χ3v) is 51.4. The van der Waals surface area contributed by atoms with E-state index in [1.165, 1.54) is 48.5 Å². The molecule has 6 aliphatic heterocycles. The Kier molecular flexibility index (Phi) is 28.9. The highest BCUT2D eigenvalue weighted by Crippen LogP contribution is 2.55. The van der Waals surface area contributed by atoms with Crippen molar-refractivity contribution in [1.29, 1.82) is 0 Å². The summed E-state index contributed by atoms with van der Waals surface area (Å²) in [5.74, 6) is -5.09. The van der Waals surface area contributed by atoms with Crippen molar-refractivity contribution in [3.8, 4) is 0 Å². The number of ether oxygens (including phenoxy) is 7. The van der Waals surface area contributed by atoms with Gasteiger partial charge in [0.25, 0.3) is 0 Å². The summed E-state index contributed by atoms with van der Waals surface area (Å²) in [6, 6.07) is -1.76. The molecule has 35 heteroatoms. The van der Waals surface area contributed by atoms with Gasteiger partial charge in [-0.2, -0.15) is 0 Å². The minimum atomic E-state index is -4.94. The van der Waals surface area contributed by atoms with E-state index in [9.17, 15) is 38.4 Å². The van der Waals surface area contributed by atoms with Crippen LogP contribution in [0.2, 0.25) is 48.4 Å². The van der Waals surface area contributed by atoms with Gasteiger partial charge in [-0.3, -0.25) is 4.79 Å². The van der Waals surface area contributed by atoms with Gasteiger partial charge in [-0.05, 0) is 119 Å². The number of hydrogen-bond acceptors (Lipinski definition) is 27. The molecular formula is C57H90O27Si8. The number of allylic oxidation sites excluding steroid dienone is 1. The van der Waals surface area contributed by atoms with Gasteiger partial charge in [-0.25, -0.2) is 33.6 Å². The van der Waals surface area contributed by atoms with Crippen LogP contribution in [0.4, 0.5) is 0 Å². The molecule has 0 aromatic rings. The molecule has 6 rings (SSSR count). The summed E-state index contributed by atoms with van der Waals surface area (Å²) < 4.78 is 133. The fourth-order valence-electron chi connectivity index (χ4n) is 9.45. The summed E-state index contributed by atoms with van der Waals surface area (Å²) in [7, 11) is -39.4. The molecule has 0 spiro atoms. The summed E-state index contributed by atoms with van der Waals surface area (Å²) in [5.41, 5.74) is 1.15. The Labute approximate surface area is 547 Å². The van der Waals surface area contributed by atoms with E-state index in [0.29, 0.717) is 5.57 Å². The first-order valence-corrected chi connectivity index (χ1v) is 45.9. The molecule has 6 saturated heterocycles. The number of carbonyl (C=O) groups is 8. The molecule has 6 aliphatic rings. The molecule has 8 bridgehead atoms. The van der Waals surface area contributed by atoms with E-state index in [2.05, 4.69) is 52.6 Å². The van der Waals surface area contributed by atoms with Crippen LogP contribution in [0.15, 0.2) is 97.2 Å². The second kappa shape index (κ2) is 34.2. The summed E-state index contributed by atoms with van der Waals surface area (Å²) in [5, 5.41) is 0. The number of unbranched alkanes of at least 4 members (excludes halogenated alkanes) is 1. The molecule has 512 valence electrons. The highest BCUT2D eigenvalue weighted by molar-refractivity contribution is 7.03. The van der Waals surface area contributed by atoms with Crippen molar-refractivity contribution in [2.24, 2.45) is 0 Å². The van der Waals surface area contributed by atoms with Crippen LogP contribution in [0.25, 0.3) is 0 Å². The predicted octanol–water partition coefficient (Wildman–Crippen LogP) is 8.65. The van der Waals surface area contributed by atoms with Crippen LogP contribution in [-0.2, 0) is 121 Å². The normalized spacial score (nSPS) is 27.4. The van der Waals surface area contributed by atoms with Gasteiger partial charge in [0.15, 0.2) is 5.78 Å². The third kappa shape index (κ3) is 22.6. The first-order valence-electron chi connectivity index (χ1n) is 30.5. The Morgan fingerprint density at radius 3 is 0.500 bits per heavy atom. The first kappa shape index (κ1) is 77.8. The van der Waals surface area contributed by atoms with E-state index < -0.39 is 112 Å². The fourth-order valence-corrected chi connectivity index (χ4v) is 59.7. The lowest BCUT2D eigenvalue weighted by Crippen LogP contribution is -2.88. The zero-order chi connectivity index (χ0) is 68.4. The van der Waals surface area contributed by atoms with Gasteiger partial charge in [0.1, 0.15) is 0 Å². The van der Waals surface area contributed by atoms with Gasteiger partial charge < -0.3 is 82.5 Å². The summed E-state index contributed by atoms with van der Waals surface area (Å²) in [6.07, 6.45) is 0.143. The van der Waals surface area contributed by atoms with Crippen molar-refractivity contribution in [1.82, 2.24) is 0 Å². The Hall–Kier alpha value is -4.86. The lowest BCUT2D eigenvalue weighted by Gasteiger charge is -2.63. The largest absolute Gasteiger partial charge is 0.479 e. The standard InChI is InChI=1S/C57H90O27Si8/c1-42(2)50(58)26-17-18-34-85-73-86(35-19-27-66-51(59)43(3)4)76-89(38-22-30-69-54(62)46(9)10)78-87(74-85,36-20-28-67-52(60)44(5)6)80-91(40-24-32-71-56(64)48(13)14)81-88(75-85,37-21-29-68-53(61)45(7)8)79-90(77-86,39-23-31-70-55(63)47(11)12)83-92(82-89,84-91)41-25-33-72-57(65)49(15)16/h1,3,5,7,9,11,13,15,17-41H2,2,4,6,8,10,12,14,16H3. The molecule has 6 heterocycles. The smallest absolute Gasteiger partial charge is 0.462 e. The van der Waals surface area contributed by atoms with Gasteiger partial charge >= 0.3 is 112 Å². The summed E-state index contributed by atoms with van der Waals surface area (Å²) in [4.78, 5) is 104. The molecule has 0 unspecified atom stereocenters.